The number of ether oxygens (including phenoxy) is 1. The maximum atomic E-state index is 10.8. The van der Waals surface area contributed by atoms with Gasteiger partial charge in [0.25, 0.3) is 0 Å². The number of rotatable bonds is 8. The second-order valence-electron chi connectivity index (χ2n) is 7.36. The molecule has 0 saturated heterocycles. The highest BCUT2D eigenvalue weighted by molar-refractivity contribution is 5.96. The van der Waals surface area contributed by atoms with Crippen LogP contribution >= 0.6 is 0 Å². The molecule has 182 valence electrons. The molecular weight excluding hydrogens is 418 g/mol. The molecule has 6 heteroatoms. The molecule has 0 heterocycles. The molecule has 0 radical (unpaired) electrons. The summed E-state index contributed by atoms with van der Waals surface area (Å²) in [5, 5.41) is 2.56. The monoisotopic (exact) mass is 457 g/mol. The molecular formula is C27H39NO5. The van der Waals surface area contributed by atoms with E-state index in [4.69, 9.17) is 25.7 Å². The van der Waals surface area contributed by atoms with Crippen LogP contribution in [0.2, 0.25) is 0 Å². The number of hydrogen-bond donors (Lipinski definition) is 1. The van der Waals surface area contributed by atoms with Crippen molar-refractivity contribution in [2.75, 3.05) is 13.2 Å². The molecule has 0 aliphatic carbocycles. The second-order valence-corrected chi connectivity index (χ2v) is 7.36. The first-order valence-corrected chi connectivity index (χ1v) is 10.6. The van der Waals surface area contributed by atoms with E-state index in [9.17, 15) is 19.2 Å². The average Bonchev–Trinajstić information content (AvgIpc) is 2.76. The molecule has 0 unspecified atom stereocenters. The molecule has 0 aromatic rings. The van der Waals surface area contributed by atoms with Gasteiger partial charge in [-0.25, -0.2) is 0 Å². The van der Waals surface area contributed by atoms with Gasteiger partial charge < -0.3 is 10.1 Å². The molecule has 0 fully saturated rings. The van der Waals surface area contributed by atoms with Gasteiger partial charge in [-0.1, -0.05) is 47.5 Å². The number of amides is 1. The van der Waals surface area contributed by atoms with Crippen molar-refractivity contribution in [2.45, 2.75) is 67.7 Å². The SMILES string of the molecule is C#CC(=O)C(C)C.C#CCCC(=O)C(C)C.C#CCCOC(C)=O.C#CCNC(=O)C(C)C. The van der Waals surface area contributed by atoms with E-state index in [1.54, 1.807) is 13.8 Å². The van der Waals surface area contributed by atoms with Crippen LogP contribution in [0.5, 0.6) is 0 Å². The van der Waals surface area contributed by atoms with Crippen molar-refractivity contribution in [2.24, 2.45) is 17.8 Å². The van der Waals surface area contributed by atoms with Crippen LogP contribution in [0.1, 0.15) is 67.7 Å². The number of terminal acetylenes is 4. The van der Waals surface area contributed by atoms with E-state index in [0.717, 1.165) is 0 Å². The number of Topliss-reactive ketones (excluding diaryl/α,β-unsaturated/α-hetero) is 2. The van der Waals surface area contributed by atoms with Gasteiger partial charge >= 0.3 is 5.97 Å². The van der Waals surface area contributed by atoms with Crippen LogP contribution in [-0.4, -0.2) is 36.6 Å². The highest BCUT2D eigenvalue weighted by Gasteiger charge is 2.04. The maximum Gasteiger partial charge on any atom is 0.302 e. The summed E-state index contributed by atoms with van der Waals surface area (Å²) in [6, 6.07) is 0. The zero-order valence-corrected chi connectivity index (χ0v) is 21.1. The Bertz CT molecular complexity index is 700. The Morgan fingerprint density at radius 2 is 1.30 bits per heavy atom. The number of carbonyl (C=O) groups excluding carboxylic acids is 4. The summed E-state index contributed by atoms with van der Waals surface area (Å²) in [5.74, 6) is 9.14. The fourth-order valence-electron chi connectivity index (χ4n) is 1.25. The smallest absolute Gasteiger partial charge is 0.302 e. The third kappa shape index (κ3) is 36.3. The van der Waals surface area contributed by atoms with Gasteiger partial charge in [-0.05, 0) is 5.92 Å². The van der Waals surface area contributed by atoms with Crippen molar-refractivity contribution in [3.05, 3.63) is 0 Å². The molecule has 0 saturated carbocycles. The lowest BCUT2D eigenvalue weighted by Crippen LogP contribution is -2.27. The van der Waals surface area contributed by atoms with Crippen molar-refractivity contribution < 1.29 is 23.9 Å². The highest BCUT2D eigenvalue weighted by atomic mass is 16.5. The topological polar surface area (TPSA) is 89.5 Å². The minimum absolute atomic E-state index is 0.00736. The molecule has 0 aromatic carbocycles. The van der Waals surface area contributed by atoms with E-state index in [1.807, 2.05) is 33.6 Å². The number of carbonyl (C=O) groups is 4. The maximum absolute atomic E-state index is 10.8. The van der Waals surface area contributed by atoms with Crippen LogP contribution < -0.4 is 5.32 Å². The van der Waals surface area contributed by atoms with E-state index in [2.05, 4.69) is 27.8 Å². The Morgan fingerprint density at radius 1 is 0.788 bits per heavy atom. The third-order valence-electron chi connectivity index (χ3n) is 3.27. The molecule has 1 amide bonds. The predicted molar refractivity (Wildman–Crippen MR) is 133 cm³/mol. The summed E-state index contributed by atoms with van der Waals surface area (Å²) in [7, 11) is 0. The normalized spacial score (nSPS) is 8.42. The van der Waals surface area contributed by atoms with Crippen LogP contribution in [-0.2, 0) is 23.9 Å². The van der Waals surface area contributed by atoms with Crippen molar-refractivity contribution in [3.8, 4) is 49.4 Å². The van der Waals surface area contributed by atoms with Gasteiger partial charge in [-0.2, -0.15) is 0 Å². The summed E-state index contributed by atoms with van der Waals surface area (Å²) < 4.78 is 4.50. The summed E-state index contributed by atoms with van der Waals surface area (Å²) in [5.41, 5.74) is 0. The molecule has 1 N–H and O–H groups in total. The molecule has 6 nitrogen and oxygen atoms in total. The van der Waals surface area contributed by atoms with E-state index >= 15 is 0 Å². The largest absolute Gasteiger partial charge is 0.465 e. The summed E-state index contributed by atoms with van der Waals surface area (Å²) in [6.45, 7) is 13.0. The second kappa shape index (κ2) is 26.6. The lowest BCUT2D eigenvalue weighted by molar-refractivity contribution is -0.140. The summed E-state index contributed by atoms with van der Waals surface area (Å²) in [6.07, 6.45) is 21.1. The van der Waals surface area contributed by atoms with E-state index in [0.29, 0.717) is 32.4 Å². The predicted octanol–water partition coefficient (Wildman–Crippen LogP) is 3.43. The average molecular weight is 458 g/mol. The van der Waals surface area contributed by atoms with Crippen LogP contribution in [0.4, 0.5) is 0 Å². The Labute approximate surface area is 201 Å². The van der Waals surface area contributed by atoms with Gasteiger partial charge in [0.1, 0.15) is 12.4 Å². The molecule has 0 rings (SSSR count). The summed E-state index contributed by atoms with van der Waals surface area (Å²) >= 11 is 0. The minimum Gasteiger partial charge on any atom is -0.465 e. The van der Waals surface area contributed by atoms with Gasteiger partial charge in [-0.3, -0.25) is 19.2 Å². The Kier molecular flexibility index (Phi) is 29.7. The van der Waals surface area contributed by atoms with Gasteiger partial charge in [0.2, 0.25) is 11.7 Å². The Balaban J connectivity index is -0.000000171. The first-order valence-electron chi connectivity index (χ1n) is 10.6. The molecule has 0 aliphatic rings. The molecule has 33 heavy (non-hydrogen) atoms. The van der Waals surface area contributed by atoms with Crippen molar-refractivity contribution in [1.29, 1.82) is 0 Å². The Hall–Kier alpha value is -3.48. The van der Waals surface area contributed by atoms with Gasteiger partial charge in [0.05, 0.1) is 6.54 Å². The van der Waals surface area contributed by atoms with E-state index < -0.39 is 0 Å². The molecule has 0 aliphatic heterocycles. The standard InChI is InChI=1S/C8H12O.C7H11NO.C6H8O2.C6H8O/c1-4-5-6-8(9)7(2)3;1-4-5-8-7(9)6(2)3;1-3-4-5-8-6(2)7;1-4-6(7)5(2)3/h1,7H,5-6H2,2-3H3;1,6H,5H2,2-3H3,(H,8,9);1H,4-5H2,2H3;1,5H,2-3H3. The minimum atomic E-state index is -0.278. The lowest BCUT2D eigenvalue weighted by Gasteiger charge is -2.02. The number of hydrogen-bond acceptors (Lipinski definition) is 5. The first-order chi connectivity index (χ1) is 15.3. The Morgan fingerprint density at radius 3 is 1.58 bits per heavy atom. The molecule has 0 spiro atoms. The van der Waals surface area contributed by atoms with Crippen LogP contribution in [0.15, 0.2) is 0 Å². The van der Waals surface area contributed by atoms with Gasteiger partial charge in [-0.15, -0.1) is 37.5 Å². The quantitative estimate of drug-likeness (QED) is 0.261. The fraction of sp³-hybridized carbons (Fsp3) is 0.556. The summed E-state index contributed by atoms with van der Waals surface area (Å²) in [4.78, 5) is 41.8. The van der Waals surface area contributed by atoms with Crippen molar-refractivity contribution >= 4 is 23.4 Å². The zero-order chi connectivity index (χ0) is 26.8. The van der Waals surface area contributed by atoms with Gasteiger partial charge in [0.15, 0.2) is 0 Å². The molecule has 0 aromatic heterocycles. The van der Waals surface area contributed by atoms with Gasteiger partial charge in [0, 0.05) is 43.9 Å². The highest BCUT2D eigenvalue weighted by Crippen LogP contribution is 2.00. The number of esters is 1. The number of nitrogens with one attached hydrogen (secondary N) is 1. The lowest BCUT2D eigenvalue weighted by atomic mass is 10.1. The van der Waals surface area contributed by atoms with E-state index in [-0.39, 0.29) is 41.2 Å². The molecule has 0 bridgehead atoms. The van der Waals surface area contributed by atoms with Crippen molar-refractivity contribution in [1.82, 2.24) is 5.32 Å². The van der Waals surface area contributed by atoms with Crippen LogP contribution in [0.25, 0.3) is 0 Å². The van der Waals surface area contributed by atoms with Crippen LogP contribution in [0, 0.1) is 67.1 Å². The fourth-order valence-corrected chi connectivity index (χ4v) is 1.25. The first kappa shape index (κ1) is 36.9. The molecule has 0 atom stereocenters. The van der Waals surface area contributed by atoms with E-state index in [1.165, 1.54) is 6.92 Å². The zero-order valence-electron chi connectivity index (χ0n) is 21.1. The third-order valence-corrected chi connectivity index (χ3v) is 3.27. The number of ketones is 2. The van der Waals surface area contributed by atoms with Crippen LogP contribution in [0.3, 0.4) is 0 Å². The van der Waals surface area contributed by atoms with Crippen molar-refractivity contribution in [3.63, 3.8) is 0 Å².